The fourth-order valence-electron chi connectivity index (χ4n) is 4.92. The number of hydrogen-bond acceptors (Lipinski definition) is 6. The molecular weight excluding hydrogens is 525 g/mol. The number of aromatic nitrogens is 2. The second-order valence-electron chi connectivity index (χ2n) is 9.05. The van der Waals surface area contributed by atoms with Crippen LogP contribution in [0, 0.1) is 5.82 Å². The summed E-state index contributed by atoms with van der Waals surface area (Å²) in [6.45, 7) is 0.685. The molecule has 0 bridgehead atoms. The van der Waals surface area contributed by atoms with Crippen molar-refractivity contribution < 1.29 is 23.8 Å². The molecule has 0 radical (unpaired) electrons. The maximum absolute atomic E-state index is 13.7. The van der Waals surface area contributed by atoms with Gasteiger partial charge in [0.05, 0.1) is 14.2 Å². The molecule has 5 rings (SSSR count). The summed E-state index contributed by atoms with van der Waals surface area (Å²) in [4.78, 5) is 32.7. The number of ether oxygens (including phenoxy) is 2. The van der Waals surface area contributed by atoms with Crippen LogP contribution in [0.2, 0.25) is 5.02 Å². The van der Waals surface area contributed by atoms with Crippen LogP contribution in [0.3, 0.4) is 0 Å². The molecule has 1 atom stereocenters. The van der Waals surface area contributed by atoms with E-state index in [-0.39, 0.29) is 28.9 Å². The van der Waals surface area contributed by atoms with Gasteiger partial charge in [-0.3, -0.25) is 14.2 Å². The zero-order chi connectivity index (χ0) is 27.7. The lowest BCUT2D eigenvalue weighted by Crippen LogP contribution is -2.34. The summed E-state index contributed by atoms with van der Waals surface area (Å²) < 4.78 is 26.0. The minimum Gasteiger partial charge on any atom is -0.494 e. The molecule has 1 aromatic heterocycles. The van der Waals surface area contributed by atoms with E-state index in [1.54, 1.807) is 24.3 Å². The minimum atomic E-state index is -0.914. The van der Waals surface area contributed by atoms with Gasteiger partial charge in [0.2, 0.25) is 5.88 Å². The highest BCUT2D eigenvalue weighted by atomic mass is 35.5. The number of hydrogen-bond donors (Lipinski definition) is 1. The summed E-state index contributed by atoms with van der Waals surface area (Å²) in [5, 5.41) is 12.2. The number of carbonyl (C=O) groups excluding carboxylic acids is 1. The predicted molar refractivity (Wildman–Crippen MR) is 145 cm³/mol. The van der Waals surface area contributed by atoms with E-state index in [0.717, 1.165) is 5.56 Å². The number of carbonyl (C=O) groups is 1. The molecule has 0 aliphatic carbocycles. The number of benzene rings is 3. The van der Waals surface area contributed by atoms with Crippen LogP contribution in [0.5, 0.6) is 17.4 Å². The van der Waals surface area contributed by atoms with E-state index in [9.17, 15) is 19.1 Å². The molecule has 3 aromatic carbocycles. The van der Waals surface area contributed by atoms with Crippen LogP contribution in [0.4, 0.5) is 4.39 Å². The quantitative estimate of drug-likeness (QED) is 0.362. The van der Waals surface area contributed by atoms with E-state index in [1.165, 1.54) is 48.0 Å². The van der Waals surface area contributed by atoms with Gasteiger partial charge in [-0.2, -0.15) is 4.98 Å². The van der Waals surface area contributed by atoms with Crippen molar-refractivity contribution >= 4 is 17.5 Å². The third kappa shape index (κ3) is 4.81. The highest BCUT2D eigenvalue weighted by molar-refractivity contribution is 6.31. The number of halogens is 2. The number of likely N-dealkylation sites (tertiary alicyclic amines) is 1. The molecule has 10 heteroatoms. The standard InChI is InChI=1S/C29H25ClFN3O5/c1-38-22-8-5-9-23(39-2)25(22)34-26(17-10-12-19(31)13-11-17)32-27(35)24(29(34)37)28(36)33-15-14-18(16-33)20-6-3-4-7-21(20)30/h3-13,18,37H,14-16H2,1-2H3. The Balaban J connectivity index is 1.66. The maximum atomic E-state index is 13.7. The minimum absolute atomic E-state index is 0.0206. The lowest BCUT2D eigenvalue weighted by Gasteiger charge is -2.22. The molecule has 1 fully saturated rings. The van der Waals surface area contributed by atoms with Crippen molar-refractivity contribution in [2.75, 3.05) is 27.3 Å². The molecule has 1 saturated heterocycles. The zero-order valence-electron chi connectivity index (χ0n) is 21.2. The molecule has 200 valence electrons. The van der Waals surface area contributed by atoms with E-state index in [1.807, 2.05) is 18.2 Å². The van der Waals surface area contributed by atoms with Crippen molar-refractivity contribution in [3.63, 3.8) is 0 Å². The molecule has 2 heterocycles. The second kappa shape index (κ2) is 10.8. The van der Waals surface area contributed by atoms with Gasteiger partial charge in [0.15, 0.2) is 11.4 Å². The molecular formula is C29H25ClFN3O5. The van der Waals surface area contributed by atoms with E-state index in [0.29, 0.717) is 30.1 Å². The van der Waals surface area contributed by atoms with Gasteiger partial charge in [0.1, 0.15) is 23.0 Å². The molecule has 1 aliphatic rings. The van der Waals surface area contributed by atoms with E-state index >= 15 is 0 Å². The largest absolute Gasteiger partial charge is 0.494 e. The number of aromatic hydroxyl groups is 1. The molecule has 1 N–H and O–H groups in total. The Kier molecular flexibility index (Phi) is 7.26. The number of para-hydroxylation sites is 1. The Bertz CT molecular complexity index is 1580. The highest BCUT2D eigenvalue weighted by Gasteiger charge is 2.34. The number of rotatable bonds is 6. The molecule has 8 nitrogen and oxygen atoms in total. The van der Waals surface area contributed by atoms with Crippen molar-refractivity contribution in [1.29, 1.82) is 0 Å². The molecule has 0 saturated carbocycles. The Morgan fingerprint density at radius 3 is 2.33 bits per heavy atom. The first kappa shape index (κ1) is 26.2. The topological polar surface area (TPSA) is 93.9 Å². The Morgan fingerprint density at radius 1 is 1.03 bits per heavy atom. The Labute approximate surface area is 228 Å². The van der Waals surface area contributed by atoms with Crippen LogP contribution in [-0.4, -0.2) is 52.8 Å². The van der Waals surface area contributed by atoms with Crippen LogP contribution in [0.25, 0.3) is 17.1 Å². The van der Waals surface area contributed by atoms with Gasteiger partial charge in [-0.05, 0) is 54.4 Å². The average molecular weight is 550 g/mol. The number of nitrogens with zero attached hydrogens (tertiary/aromatic N) is 3. The summed E-state index contributed by atoms with van der Waals surface area (Å²) in [5.41, 5.74) is 0.0587. The van der Waals surface area contributed by atoms with Gasteiger partial charge in [-0.15, -0.1) is 0 Å². The van der Waals surface area contributed by atoms with E-state index in [4.69, 9.17) is 21.1 Å². The summed E-state index contributed by atoms with van der Waals surface area (Å²) in [6, 6.07) is 17.7. The average Bonchev–Trinajstić information content (AvgIpc) is 3.43. The maximum Gasteiger partial charge on any atom is 0.290 e. The first-order valence-electron chi connectivity index (χ1n) is 12.2. The molecule has 4 aromatic rings. The Hall–Kier alpha value is -4.37. The number of methoxy groups -OCH3 is 2. The van der Waals surface area contributed by atoms with Gasteiger partial charge in [-0.25, -0.2) is 4.39 Å². The van der Waals surface area contributed by atoms with Crippen molar-refractivity contribution in [3.8, 4) is 34.5 Å². The SMILES string of the molecule is COc1cccc(OC)c1-n1c(-c2ccc(F)cc2)nc(=O)c(C(=O)N2CCC(c3ccccc3Cl)C2)c1O. The summed E-state index contributed by atoms with van der Waals surface area (Å²) >= 11 is 6.38. The normalized spacial score (nSPS) is 14.9. The van der Waals surface area contributed by atoms with Crippen molar-refractivity contribution in [3.05, 3.63) is 99.1 Å². The van der Waals surface area contributed by atoms with Crippen molar-refractivity contribution in [2.24, 2.45) is 0 Å². The van der Waals surface area contributed by atoms with Crippen LogP contribution in [0.15, 0.2) is 71.5 Å². The highest BCUT2D eigenvalue weighted by Crippen LogP contribution is 2.39. The smallest absolute Gasteiger partial charge is 0.290 e. The second-order valence-corrected chi connectivity index (χ2v) is 9.46. The van der Waals surface area contributed by atoms with Gasteiger partial charge in [-0.1, -0.05) is 35.9 Å². The fraction of sp³-hybridized carbons (Fsp3) is 0.207. The molecule has 1 aliphatic heterocycles. The van der Waals surface area contributed by atoms with Crippen molar-refractivity contribution in [1.82, 2.24) is 14.5 Å². The molecule has 1 amide bonds. The molecule has 0 spiro atoms. The van der Waals surface area contributed by atoms with Gasteiger partial charge < -0.3 is 19.5 Å². The lowest BCUT2D eigenvalue weighted by molar-refractivity contribution is 0.0784. The summed E-state index contributed by atoms with van der Waals surface area (Å²) in [6.07, 6.45) is 0.645. The molecule has 39 heavy (non-hydrogen) atoms. The van der Waals surface area contributed by atoms with Crippen LogP contribution < -0.4 is 15.0 Å². The number of amides is 1. The van der Waals surface area contributed by atoms with E-state index < -0.39 is 28.7 Å². The monoisotopic (exact) mass is 549 g/mol. The predicted octanol–water partition coefficient (Wildman–Crippen LogP) is 5.04. The van der Waals surface area contributed by atoms with Crippen LogP contribution in [0.1, 0.15) is 28.3 Å². The summed E-state index contributed by atoms with van der Waals surface area (Å²) in [7, 11) is 2.88. The van der Waals surface area contributed by atoms with Crippen LogP contribution in [-0.2, 0) is 0 Å². The van der Waals surface area contributed by atoms with Crippen LogP contribution >= 0.6 is 11.6 Å². The Morgan fingerprint density at radius 2 is 1.69 bits per heavy atom. The van der Waals surface area contributed by atoms with Gasteiger partial charge in [0.25, 0.3) is 11.5 Å². The third-order valence-corrected chi connectivity index (χ3v) is 7.17. The fourth-order valence-corrected chi connectivity index (χ4v) is 5.21. The zero-order valence-corrected chi connectivity index (χ0v) is 22.0. The first-order chi connectivity index (χ1) is 18.8. The first-order valence-corrected chi connectivity index (χ1v) is 12.6. The van der Waals surface area contributed by atoms with E-state index in [2.05, 4.69) is 4.98 Å². The van der Waals surface area contributed by atoms with Gasteiger partial charge >= 0.3 is 0 Å². The van der Waals surface area contributed by atoms with Gasteiger partial charge in [0, 0.05) is 29.6 Å². The lowest BCUT2D eigenvalue weighted by atomic mass is 9.98. The van der Waals surface area contributed by atoms with Crippen molar-refractivity contribution in [2.45, 2.75) is 12.3 Å². The molecule has 1 unspecified atom stereocenters. The third-order valence-electron chi connectivity index (χ3n) is 6.83. The summed E-state index contributed by atoms with van der Waals surface area (Å²) in [5.74, 6) is -1.24.